The number of hydrogen-bond acceptors (Lipinski definition) is 6. The number of nitrogens with one attached hydrogen (secondary N) is 3. The molecule has 0 fully saturated rings. The van der Waals surface area contributed by atoms with E-state index >= 15 is 0 Å². The summed E-state index contributed by atoms with van der Waals surface area (Å²) in [6.07, 6.45) is 10.9. The SMILES string of the molecule is CN=C(N)c1cc(C)c2nc(-c3c(N[C@H](CO)CC4=CSC5C=CC=CC45)cc[nH]c3=O)[nH]c2c1. The number of rotatable bonds is 7. The molecule has 9 heteroatoms. The van der Waals surface area contributed by atoms with Crippen LogP contribution < -0.4 is 16.6 Å². The molecule has 5 rings (SSSR count). The van der Waals surface area contributed by atoms with Crippen molar-refractivity contribution in [2.24, 2.45) is 16.6 Å². The average molecular weight is 489 g/mol. The molecule has 1 aliphatic heterocycles. The zero-order valence-electron chi connectivity index (χ0n) is 19.6. The van der Waals surface area contributed by atoms with Crippen LogP contribution in [0, 0.1) is 12.8 Å². The van der Waals surface area contributed by atoms with E-state index in [0.29, 0.717) is 40.5 Å². The Balaban J connectivity index is 1.47. The van der Waals surface area contributed by atoms with E-state index in [1.165, 1.54) is 5.57 Å². The number of aromatic nitrogens is 3. The summed E-state index contributed by atoms with van der Waals surface area (Å²) in [5.41, 5.74) is 11.3. The molecule has 0 saturated carbocycles. The number of allylic oxidation sites excluding steroid dienone is 3. The van der Waals surface area contributed by atoms with Gasteiger partial charge in [0, 0.05) is 30.0 Å². The third-order valence-corrected chi connectivity index (χ3v) is 7.67. The number of thioether (sulfide) groups is 1. The topological polar surface area (TPSA) is 132 Å². The molecule has 3 aromatic rings. The summed E-state index contributed by atoms with van der Waals surface area (Å²) in [4.78, 5) is 27.8. The van der Waals surface area contributed by atoms with E-state index in [2.05, 4.69) is 50.0 Å². The third-order valence-electron chi connectivity index (χ3n) is 6.46. The Hall–Kier alpha value is -3.56. The van der Waals surface area contributed by atoms with Gasteiger partial charge in [-0.3, -0.25) is 9.79 Å². The van der Waals surface area contributed by atoms with Crippen LogP contribution in [0.25, 0.3) is 22.4 Å². The molecule has 8 nitrogen and oxygen atoms in total. The molecule has 3 atom stereocenters. The first kappa shape index (κ1) is 23.2. The van der Waals surface area contributed by atoms with Crippen molar-refractivity contribution < 1.29 is 5.11 Å². The minimum atomic E-state index is -0.269. The van der Waals surface area contributed by atoms with Gasteiger partial charge in [-0.25, -0.2) is 4.98 Å². The number of aliphatic hydroxyl groups excluding tert-OH is 1. The number of aliphatic imine (C=N–C) groups is 1. The Morgan fingerprint density at radius 1 is 1.34 bits per heavy atom. The average Bonchev–Trinajstić information content (AvgIpc) is 3.47. The number of H-pyrrole nitrogens is 2. The van der Waals surface area contributed by atoms with Crippen molar-refractivity contribution in [2.75, 3.05) is 19.0 Å². The second-order valence-electron chi connectivity index (χ2n) is 8.80. The Morgan fingerprint density at radius 3 is 2.97 bits per heavy atom. The van der Waals surface area contributed by atoms with Crippen LogP contribution in [0.3, 0.4) is 0 Å². The van der Waals surface area contributed by atoms with Crippen LogP contribution in [0.4, 0.5) is 5.69 Å². The van der Waals surface area contributed by atoms with E-state index in [4.69, 9.17) is 10.7 Å². The van der Waals surface area contributed by atoms with Crippen LogP contribution in [-0.2, 0) is 0 Å². The van der Waals surface area contributed by atoms with E-state index < -0.39 is 0 Å². The predicted molar refractivity (Wildman–Crippen MR) is 144 cm³/mol. The number of fused-ring (bicyclic) bond motifs is 2. The Kier molecular flexibility index (Phi) is 6.36. The lowest BCUT2D eigenvalue weighted by Gasteiger charge is -2.23. The third kappa shape index (κ3) is 4.44. The highest BCUT2D eigenvalue weighted by atomic mass is 32.2. The van der Waals surface area contributed by atoms with Gasteiger partial charge in [0.05, 0.1) is 29.4 Å². The summed E-state index contributed by atoms with van der Waals surface area (Å²) < 4.78 is 0. The van der Waals surface area contributed by atoms with Crippen LogP contribution >= 0.6 is 11.8 Å². The first-order valence-corrected chi connectivity index (χ1v) is 12.4. The molecule has 0 bridgehead atoms. The summed E-state index contributed by atoms with van der Waals surface area (Å²) in [6.45, 7) is 1.88. The number of nitrogens with zero attached hydrogens (tertiary/aromatic N) is 2. The molecule has 0 radical (unpaired) electrons. The summed E-state index contributed by atoms with van der Waals surface area (Å²) in [5, 5.41) is 16.2. The molecule has 2 unspecified atom stereocenters. The fraction of sp³-hybridized carbons (Fsp3) is 0.269. The Bertz CT molecular complexity index is 1450. The van der Waals surface area contributed by atoms with Crippen molar-refractivity contribution in [3.05, 3.63) is 81.2 Å². The second-order valence-corrected chi connectivity index (χ2v) is 9.85. The summed E-state index contributed by atoms with van der Waals surface area (Å²) in [6, 6.07) is 5.37. The van der Waals surface area contributed by atoms with Crippen LogP contribution in [0.5, 0.6) is 0 Å². The number of benzene rings is 1. The quantitative estimate of drug-likeness (QED) is 0.256. The maximum atomic E-state index is 12.9. The van der Waals surface area contributed by atoms with Crippen molar-refractivity contribution in [1.29, 1.82) is 0 Å². The van der Waals surface area contributed by atoms with Gasteiger partial charge in [0.15, 0.2) is 0 Å². The van der Waals surface area contributed by atoms with E-state index in [1.807, 2.05) is 30.8 Å². The Morgan fingerprint density at radius 2 is 2.17 bits per heavy atom. The highest BCUT2D eigenvalue weighted by Gasteiger charge is 2.29. The molecule has 6 N–H and O–H groups in total. The number of aryl methyl sites for hydroxylation is 1. The fourth-order valence-corrected chi connectivity index (χ4v) is 5.87. The smallest absolute Gasteiger partial charge is 0.261 e. The number of pyridine rings is 1. The van der Waals surface area contributed by atoms with Gasteiger partial charge in [0.25, 0.3) is 5.56 Å². The number of hydrogen-bond donors (Lipinski definition) is 5. The minimum Gasteiger partial charge on any atom is -0.394 e. The Labute approximate surface area is 207 Å². The van der Waals surface area contributed by atoms with Crippen molar-refractivity contribution in [1.82, 2.24) is 15.0 Å². The van der Waals surface area contributed by atoms with Gasteiger partial charge in [-0.2, -0.15) is 0 Å². The lowest BCUT2D eigenvalue weighted by atomic mass is 9.89. The predicted octanol–water partition coefficient (Wildman–Crippen LogP) is 3.47. The largest absolute Gasteiger partial charge is 0.394 e. The maximum Gasteiger partial charge on any atom is 0.261 e. The number of aliphatic hydroxyl groups is 1. The molecule has 0 spiro atoms. The molecular formula is C26H28N6O2S. The fourth-order valence-electron chi connectivity index (χ4n) is 4.67. The summed E-state index contributed by atoms with van der Waals surface area (Å²) in [5.74, 6) is 1.22. The lowest BCUT2D eigenvalue weighted by Crippen LogP contribution is -2.27. The summed E-state index contributed by atoms with van der Waals surface area (Å²) in [7, 11) is 1.65. The van der Waals surface area contributed by atoms with E-state index in [-0.39, 0.29) is 18.2 Å². The zero-order chi connectivity index (χ0) is 24.5. The van der Waals surface area contributed by atoms with Crippen LogP contribution in [0.15, 0.2) is 69.5 Å². The number of imidazole rings is 1. The minimum absolute atomic E-state index is 0.0661. The molecule has 0 saturated heterocycles. The normalized spacial score (nSPS) is 20.2. The zero-order valence-corrected chi connectivity index (χ0v) is 20.4. The number of aromatic amines is 2. The first-order valence-electron chi connectivity index (χ1n) is 11.5. The maximum absolute atomic E-state index is 12.9. The van der Waals surface area contributed by atoms with Gasteiger partial charge in [0.2, 0.25) is 0 Å². The molecule has 1 aliphatic carbocycles. The van der Waals surface area contributed by atoms with Crippen molar-refractivity contribution in [3.63, 3.8) is 0 Å². The van der Waals surface area contributed by atoms with Gasteiger partial charge >= 0.3 is 0 Å². The molecule has 2 aromatic heterocycles. The van der Waals surface area contributed by atoms with Crippen LogP contribution in [0.2, 0.25) is 0 Å². The number of anilines is 1. The summed E-state index contributed by atoms with van der Waals surface area (Å²) >= 11 is 1.81. The molecular weight excluding hydrogens is 460 g/mol. The van der Waals surface area contributed by atoms with Gasteiger partial charge in [-0.1, -0.05) is 29.9 Å². The van der Waals surface area contributed by atoms with Crippen molar-refractivity contribution in [2.45, 2.75) is 24.6 Å². The van der Waals surface area contributed by atoms with Gasteiger partial charge in [-0.15, -0.1) is 11.8 Å². The number of amidine groups is 1. The highest BCUT2D eigenvalue weighted by Crippen LogP contribution is 2.41. The second kappa shape index (κ2) is 9.59. The van der Waals surface area contributed by atoms with Gasteiger partial charge < -0.3 is 26.1 Å². The number of nitrogens with two attached hydrogens (primary N) is 1. The molecule has 0 amide bonds. The van der Waals surface area contributed by atoms with Crippen LogP contribution in [0.1, 0.15) is 17.5 Å². The highest BCUT2D eigenvalue weighted by molar-refractivity contribution is 8.03. The van der Waals surface area contributed by atoms with Crippen molar-refractivity contribution in [3.8, 4) is 11.4 Å². The van der Waals surface area contributed by atoms with Crippen LogP contribution in [-0.4, -0.2) is 50.8 Å². The van der Waals surface area contributed by atoms with Gasteiger partial charge in [-0.05, 0) is 42.5 Å². The van der Waals surface area contributed by atoms with Crippen molar-refractivity contribution >= 4 is 34.3 Å². The molecule has 35 heavy (non-hydrogen) atoms. The molecule has 3 heterocycles. The monoisotopic (exact) mass is 488 g/mol. The molecule has 1 aromatic carbocycles. The lowest BCUT2D eigenvalue weighted by molar-refractivity contribution is 0.272. The van der Waals surface area contributed by atoms with E-state index in [0.717, 1.165) is 22.2 Å². The molecule has 2 aliphatic rings. The van der Waals surface area contributed by atoms with E-state index in [1.54, 1.807) is 19.3 Å². The first-order chi connectivity index (χ1) is 17.0. The molecule has 180 valence electrons. The standard InChI is InChI=1S/C26H28N6O2S/c1-14-9-15(24(27)28-2)11-20-23(14)32-25(31-20)22-19(7-8-29-26(22)34)30-17(12-33)10-16-13-35-21-6-4-3-5-18(16)21/h3-9,11,13,17-18,21,33H,10,12H2,1-2H3,(H2,27,28)(H,31,32)(H2,29,30,34)/t17-,18?,21?/m0/s1. The van der Waals surface area contributed by atoms with E-state index in [9.17, 15) is 9.90 Å². The van der Waals surface area contributed by atoms with Gasteiger partial charge in [0.1, 0.15) is 17.2 Å².